The molecular formula is C25H19FN2O5. The van der Waals surface area contributed by atoms with Gasteiger partial charge in [-0.25, -0.2) is 14.1 Å². The molecule has 1 saturated heterocycles. The Kier molecular flexibility index (Phi) is 5.91. The lowest BCUT2D eigenvalue weighted by Gasteiger charge is -2.26. The first kappa shape index (κ1) is 21.8. The predicted molar refractivity (Wildman–Crippen MR) is 119 cm³/mol. The van der Waals surface area contributed by atoms with Crippen molar-refractivity contribution in [3.05, 3.63) is 94.8 Å². The molecule has 4 rings (SSSR count). The Morgan fingerprint density at radius 1 is 1.00 bits per heavy atom. The number of methoxy groups -OCH3 is 1. The van der Waals surface area contributed by atoms with Gasteiger partial charge in [0.15, 0.2) is 0 Å². The first-order valence-corrected chi connectivity index (χ1v) is 9.98. The van der Waals surface area contributed by atoms with E-state index in [1.807, 2.05) is 0 Å². The zero-order valence-electron chi connectivity index (χ0n) is 17.5. The first-order valence-electron chi connectivity index (χ1n) is 9.98. The van der Waals surface area contributed by atoms with E-state index in [0.29, 0.717) is 22.4 Å². The number of imide groups is 2. The monoisotopic (exact) mass is 446 g/mol. The molecule has 1 aliphatic heterocycles. The molecule has 0 spiro atoms. The number of aromatic hydroxyl groups is 1. The van der Waals surface area contributed by atoms with Gasteiger partial charge in [0.05, 0.1) is 12.8 Å². The van der Waals surface area contributed by atoms with Gasteiger partial charge in [-0.1, -0.05) is 24.3 Å². The fourth-order valence-corrected chi connectivity index (χ4v) is 3.50. The number of nitrogens with one attached hydrogen (secondary N) is 1. The standard InChI is InChI=1S/C25H19FN2O5/c1-33-20-11-6-15(17(13-20)12-16-4-2-3-5-22(16)26)14-21-23(30)27-25(32)28(24(21)31)18-7-9-19(29)10-8-18/h2-11,13-14,29H,12H2,1H3,(H,27,30,32)/b21-14+. The number of hydrogen-bond acceptors (Lipinski definition) is 5. The van der Waals surface area contributed by atoms with Crippen molar-refractivity contribution in [2.75, 3.05) is 12.0 Å². The number of amides is 4. The Labute approximate surface area is 188 Å². The molecule has 8 heteroatoms. The number of rotatable bonds is 5. The molecule has 4 amide bonds. The lowest BCUT2D eigenvalue weighted by Crippen LogP contribution is -2.54. The van der Waals surface area contributed by atoms with E-state index in [4.69, 9.17) is 4.74 Å². The highest BCUT2D eigenvalue weighted by Crippen LogP contribution is 2.27. The highest BCUT2D eigenvalue weighted by molar-refractivity contribution is 6.39. The number of nitrogens with zero attached hydrogens (tertiary/aromatic N) is 1. The van der Waals surface area contributed by atoms with Crippen LogP contribution in [0, 0.1) is 5.82 Å². The quantitative estimate of drug-likeness (QED) is 0.459. The number of benzene rings is 3. The number of barbiturate groups is 1. The third kappa shape index (κ3) is 4.45. The highest BCUT2D eigenvalue weighted by Gasteiger charge is 2.36. The Balaban J connectivity index is 1.76. The summed E-state index contributed by atoms with van der Waals surface area (Å²) in [5, 5.41) is 11.6. The van der Waals surface area contributed by atoms with Crippen LogP contribution in [0.3, 0.4) is 0 Å². The molecular weight excluding hydrogens is 427 g/mol. The van der Waals surface area contributed by atoms with Gasteiger partial charge < -0.3 is 9.84 Å². The van der Waals surface area contributed by atoms with E-state index in [0.717, 1.165) is 4.90 Å². The smallest absolute Gasteiger partial charge is 0.335 e. The maximum absolute atomic E-state index is 14.3. The van der Waals surface area contributed by atoms with Crippen molar-refractivity contribution in [3.8, 4) is 11.5 Å². The fourth-order valence-electron chi connectivity index (χ4n) is 3.50. The van der Waals surface area contributed by atoms with Crippen molar-refractivity contribution < 1.29 is 28.6 Å². The Hall–Kier alpha value is -4.46. The van der Waals surface area contributed by atoms with Crippen LogP contribution in [0.4, 0.5) is 14.9 Å². The molecule has 0 aliphatic carbocycles. The summed E-state index contributed by atoms with van der Waals surface area (Å²) in [7, 11) is 1.50. The third-order valence-electron chi connectivity index (χ3n) is 5.20. The van der Waals surface area contributed by atoms with Gasteiger partial charge in [-0.05, 0) is 65.2 Å². The van der Waals surface area contributed by atoms with E-state index in [-0.39, 0.29) is 29.2 Å². The second-order valence-corrected chi connectivity index (χ2v) is 7.31. The molecule has 7 nitrogen and oxygen atoms in total. The SMILES string of the molecule is COc1ccc(/C=C2\C(=O)NC(=O)N(c3ccc(O)cc3)C2=O)c(Cc2ccccc2F)c1. The number of carbonyl (C=O) groups is 3. The van der Waals surface area contributed by atoms with Crippen molar-refractivity contribution in [1.82, 2.24) is 5.32 Å². The van der Waals surface area contributed by atoms with Crippen LogP contribution in [0.5, 0.6) is 11.5 Å². The number of phenols is 1. The van der Waals surface area contributed by atoms with E-state index < -0.39 is 17.8 Å². The first-order chi connectivity index (χ1) is 15.9. The number of anilines is 1. The summed E-state index contributed by atoms with van der Waals surface area (Å²) in [6.07, 6.45) is 1.56. The van der Waals surface area contributed by atoms with Crippen LogP contribution in [-0.2, 0) is 16.0 Å². The second kappa shape index (κ2) is 8.96. The van der Waals surface area contributed by atoms with Gasteiger partial charge in [-0.15, -0.1) is 0 Å². The summed E-state index contributed by atoms with van der Waals surface area (Å²) in [5.74, 6) is -1.54. The maximum atomic E-state index is 14.3. The summed E-state index contributed by atoms with van der Waals surface area (Å²) >= 11 is 0. The zero-order valence-corrected chi connectivity index (χ0v) is 17.5. The number of halogens is 1. The van der Waals surface area contributed by atoms with Crippen LogP contribution in [0.2, 0.25) is 0 Å². The molecule has 0 saturated carbocycles. The minimum atomic E-state index is -0.894. The minimum absolute atomic E-state index is 0.0357. The van der Waals surface area contributed by atoms with Gasteiger partial charge >= 0.3 is 6.03 Å². The van der Waals surface area contributed by atoms with Crippen molar-refractivity contribution in [3.63, 3.8) is 0 Å². The van der Waals surface area contributed by atoms with Crippen LogP contribution in [0.15, 0.2) is 72.3 Å². The lowest BCUT2D eigenvalue weighted by molar-refractivity contribution is -0.122. The minimum Gasteiger partial charge on any atom is -0.508 e. The van der Waals surface area contributed by atoms with Gasteiger partial charge in [0, 0.05) is 6.42 Å². The van der Waals surface area contributed by atoms with Gasteiger partial charge in [-0.3, -0.25) is 14.9 Å². The molecule has 3 aromatic carbocycles. The van der Waals surface area contributed by atoms with E-state index in [1.165, 1.54) is 43.5 Å². The second-order valence-electron chi connectivity index (χ2n) is 7.31. The van der Waals surface area contributed by atoms with E-state index in [1.54, 1.807) is 36.4 Å². The molecule has 33 heavy (non-hydrogen) atoms. The summed E-state index contributed by atoms with van der Waals surface area (Å²) in [6.45, 7) is 0. The van der Waals surface area contributed by atoms with Crippen molar-refractivity contribution in [2.24, 2.45) is 0 Å². The maximum Gasteiger partial charge on any atom is 0.335 e. The van der Waals surface area contributed by atoms with Crippen molar-refractivity contribution >= 4 is 29.6 Å². The van der Waals surface area contributed by atoms with E-state index in [2.05, 4.69) is 5.32 Å². The molecule has 3 aromatic rings. The number of ether oxygens (including phenoxy) is 1. The number of urea groups is 1. The van der Waals surface area contributed by atoms with Crippen LogP contribution in [-0.4, -0.2) is 30.1 Å². The molecule has 166 valence electrons. The Bertz CT molecular complexity index is 1280. The molecule has 0 atom stereocenters. The predicted octanol–water partition coefficient (Wildman–Crippen LogP) is 3.80. The van der Waals surface area contributed by atoms with Gasteiger partial charge in [0.2, 0.25) is 0 Å². The van der Waals surface area contributed by atoms with Crippen LogP contribution >= 0.6 is 0 Å². The number of carbonyl (C=O) groups excluding carboxylic acids is 3. The average Bonchev–Trinajstić information content (AvgIpc) is 2.80. The van der Waals surface area contributed by atoms with Gasteiger partial charge in [0.1, 0.15) is 22.9 Å². The zero-order chi connectivity index (χ0) is 23.5. The van der Waals surface area contributed by atoms with Gasteiger partial charge in [0.25, 0.3) is 11.8 Å². The molecule has 2 N–H and O–H groups in total. The Morgan fingerprint density at radius 2 is 1.73 bits per heavy atom. The molecule has 1 fully saturated rings. The average molecular weight is 446 g/mol. The van der Waals surface area contributed by atoms with Crippen LogP contribution in [0.25, 0.3) is 6.08 Å². The third-order valence-corrected chi connectivity index (χ3v) is 5.20. The Morgan fingerprint density at radius 3 is 2.42 bits per heavy atom. The van der Waals surface area contributed by atoms with Crippen LogP contribution in [0.1, 0.15) is 16.7 Å². The fraction of sp³-hybridized carbons (Fsp3) is 0.0800. The van der Waals surface area contributed by atoms with Gasteiger partial charge in [-0.2, -0.15) is 0 Å². The largest absolute Gasteiger partial charge is 0.508 e. The number of phenolic OH excluding ortho intramolecular Hbond substituents is 1. The summed E-state index contributed by atoms with van der Waals surface area (Å²) in [4.78, 5) is 38.8. The molecule has 0 unspecified atom stereocenters. The van der Waals surface area contributed by atoms with Crippen molar-refractivity contribution in [1.29, 1.82) is 0 Å². The summed E-state index contributed by atoms with van der Waals surface area (Å²) in [5.41, 5.74) is 1.49. The molecule has 1 aliphatic rings. The lowest BCUT2D eigenvalue weighted by atomic mass is 9.96. The van der Waals surface area contributed by atoms with Crippen LogP contribution < -0.4 is 15.0 Å². The summed E-state index contributed by atoms with van der Waals surface area (Å²) in [6, 6.07) is 15.9. The molecule has 0 bridgehead atoms. The highest BCUT2D eigenvalue weighted by atomic mass is 19.1. The molecule has 0 aromatic heterocycles. The van der Waals surface area contributed by atoms with E-state index in [9.17, 15) is 23.9 Å². The van der Waals surface area contributed by atoms with Crippen molar-refractivity contribution in [2.45, 2.75) is 6.42 Å². The molecule has 0 radical (unpaired) electrons. The topological polar surface area (TPSA) is 95.9 Å². The number of hydrogen-bond donors (Lipinski definition) is 2. The van der Waals surface area contributed by atoms with E-state index >= 15 is 0 Å². The summed E-state index contributed by atoms with van der Waals surface area (Å²) < 4.78 is 19.5. The normalized spacial score (nSPS) is 15.0. The molecule has 1 heterocycles.